The van der Waals surface area contributed by atoms with Gasteiger partial charge in [-0.15, -0.1) is 0 Å². The number of rotatable bonds is 6. The zero-order chi connectivity index (χ0) is 21.1. The Labute approximate surface area is 186 Å². The van der Waals surface area contributed by atoms with Crippen LogP contribution in [0.25, 0.3) is 11.6 Å². The van der Waals surface area contributed by atoms with Crippen molar-refractivity contribution in [2.75, 3.05) is 16.6 Å². The number of furan rings is 1. The lowest BCUT2D eigenvalue weighted by molar-refractivity contribution is 0.0587. The molecule has 1 aliphatic heterocycles. The molecule has 0 atom stereocenters. The molecule has 0 bridgehead atoms. The first-order chi connectivity index (χ1) is 14.6. The first-order valence-corrected chi connectivity index (χ1v) is 10.7. The summed E-state index contributed by atoms with van der Waals surface area (Å²) in [5.74, 6) is 0.0778. The average molecular weight is 515 g/mol. The minimum atomic E-state index is -0.646. The Morgan fingerprint density at radius 2 is 2.07 bits per heavy atom. The third-order valence-corrected chi connectivity index (χ3v) is 4.91. The monoisotopic (exact) mass is 515 g/mol. The number of allylic oxidation sites excluding steroid dienone is 1. The van der Waals surface area contributed by atoms with Gasteiger partial charge in [-0.1, -0.05) is 30.3 Å². The Balaban J connectivity index is 1.74. The molecule has 0 radical (unpaired) electrons. The number of alkyl halides is 1. The molecule has 3 aromatic rings. The summed E-state index contributed by atoms with van der Waals surface area (Å²) in [6.45, 7) is 0.489. The molecule has 152 valence electrons. The topological polar surface area (TPSA) is 88.2 Å². The minimum Gasteiger partial charge on any atom is -0.504 e. The molecule has 0 saturated carbocycles. The van der Waals surface area contributed by atoms with Gasteiger partial charge in [-0.05, 0) is 46.4 Å². The number of aromatic nitrogens is 1. The molecule has 0 amide bonds. The summed E-state index contributed by atoms with van der Waals surface area (Å²) in [6.07, 6.45) is 4.96. The van der Waals surface area contributed by atoms with Gasteiger partial charge in [0.05, 0.1) is 0 Å². The maximum absolute atomic E-state index is 12.6. The van der Waals surface area contributed by atoms with Crippen LogP contribution in [0.1, 0.15) is 27.2 Å². The number of esters is 1. The molecule has 0 aliphatic carbocycles. The van der Waals surface area contributed by atoms with E-state index in [4.69, 9.17) is 9.15 Å². The Morgan fingerprint density at radius 1 is 1.27 bits per heavy atom. The smallest absolute Gasteiger partial charge is 0.348 e. The van der Waals surface area contributed by atoms with Gasteiger partial charge in [0.25, 0.3) is 0 Å². The third-order valence-electron chi connectivity index (χ3n) is 4.60. The summed E-state index contributed by atoms with van der Waals surface area (Å²) < 4.78 is 11.2. The van der Waals surface area contributed by atoms with E-state index in [0.717, 1.165) is 16.7 Å². The fourth-order valence-electron chi connectivity index (χ4n) is 3.21. The number of hydrogen-bond donors (Lipinski definition) is 1. The SMILES string of the molecule is CN(Cc1ccccc1)c1oc(C=C2C=Nc3ncccc32)c(O)c1C(=O)OCI. The third kappa shape index (κ3) is 3.95. The quantitative estimate of drug-likeness (QED) is 0.288. The second-order valence-corrected chi connectivity index (χ2v) is 7.23. The zero-order valence-corrected chi connectivity index (χ0v) is 18.2. The van der Waals surface area contributed by atoms with E-state index >= 15 is 0 Å². The number of ether oxygens (including phenoxy) is 1. The number of halogens is 1. The zero-order valence-electron chi connectivity index (χ0n) is 16.1. The van der Waals surface area contributed by atoms with Crippen LogP contribution < -0.4 is 4.90 Å². The lowest BCUT2D eigenvalue weighted by atomic mass is 10.1. The highest BCUT2D eigenvalue weighted by atomic mass is 127. The summed E-state index contributed by atoms with van der Waals surface area (Å²) in [7, 11) is 1.79. The fraction of sp³-hybridized carbons (Fsp3) is 0.136. The van der Waals surface area contributed by atoms with Crippen molar-refractivity contribution in [3.05, 3.63) is 71.1 Å². The summed E-state index contributed by atoms with van der Waals surface area (Å²) in [6, 6.07) is 13.5. The molecule has 8 heteroatoms. The van der Waals surface area contributed by atoms with Crippen LogP contribution in [-0.4, -0.2) is 33.9 Å². The molecule has 7 nitrogen and oxygen atoms in total. The number of fused-ring (bicyclic) bond motifs is 1. The summed E-state index contributed by atoms with van der Waals surface area (Å²) in [4.78, 5) is 22.8. The van der Waals surface area contributed by atoms with Crippen molar-refractivity contribution in [2.45, 2.75) is 6.54 Å². The first kappa shape index (κ1) is 20.1. The number of aliphatic imine (C=N–C) groups is 1. The van der Waals surface area contributed by atoms with E-state index in [-0.39, 0.29) is 27.6 Å². The van der Waals surface area contributed by atoms with E-state index in [2.05, 4.69) is 9.98 Å². The lowest BCUT2D eigenvalue weighted by Crippen LogP contribution is -2.18. The van der Waals surface area contributed by atoms with Gasteiger partial charge in [-0.3, -0.25) is 0 Å². The van der Waals surface area contributed by atoms with Gasteiger partial charge in [-0.25, -0.2) is 14.8 Å². The van der Waals surface area contributed by atoms with Crippen LogP contribution in [0.15, 0.2) is 58.1 Å². The van der Waals surface area contributed by atoms with Crippen LogP contribution in [0.4, 0.5) is 11.7 Å². The lowest BCUT2D eigenvalue weighted by Gasteiger charge is -2.17. The highest BCUT2D eigenvalue weighted by molar-refractivity contribution is 14.1. The number of carbonyl (C=O) groups excluding carboxylic acids is 1. The number of aromatic hydroxyl groups is 1. The van der Waals surface area contributed by atoms with Crippen molar-refractivity contribution >= 4 is 58.1 Å². The van der Waals surface area contributed by atoms with Gasteiger partial charge in [-0.2, -0.15) is 0 Å². The van der Waals surface area contributed by atoms with Crippen molar-refractivity contribution in [1.82, 2.24) is 4.98 Å². The number of hydrogen-bond acceptors (Lipinski definition) is 7. The van der Waals surface area contributed by atoms with Gasteiger partial charge in [0.15, 0.2) is 22.9 Å². The van der Waals surface area contributed by atoms with Crippen molar-refractivity contribution < 1.29 is 19.1 Å². The average Bonchev–Trinajstić information content (AvgIpc) is 3.31. The molecule has 1 N–H and O–H groups in total. The highest BCUT2D eigenvalue weighted by Gasteiger charge is 2.29. The molecule has 2 aromatic heterocycles. The molecule has 0 saturated heterocycles. The van der Waals surface area contributed by atoms with Gasteiger partial charge in [0.2, 0.25) is 5.88 Å². The van der Waals surface area contributed by atoms with Gasteiger partial charge in [0, 0.05) is 37.1 Å². The van der Waals surface area contributed by atoms with Crippen molar-refractivity contribution in [3.63, 3.8) is 0 Å². The number of anilines is 1. The second-order valence-electron chi connectivity index (χ2n) is 6.61. The molecular formula is C22H18IN3O4. The highest BCUT2D eigenvalue weighted by Crippen LogP contribution is 2.40. The summed E-state index contributed by atoms with van der Waals surface area (Å²) in [5.41, 5.74) is 2.59. The number of nitrogens with zero attached hydrogens (tertiary/aromatic N) is 3. The molecule has 0 fully saturated rings. The molecule has 1 aliphatic rings. The maximum atomic E-state index is 12.6. The fourth-order valence-corrected chi connectivity index (χ4v) is 3.49. The Bertz CT molecular complexity index is 1140. The second kappa shape index (κ2) is 8.70. The summed E-state index contributed by atoms with van der Waals surface area (Å²) in [5, 5.41) is 10.8. The molecule has 0 unspecified atom stereocenters. The van der Waals surface area contributed by atoms with Crippen molar-refractivity contribution in [1.29, 1.82) is 0 Å². The van der Waals surface area contributed by atoms with E-state index in [1.165, 1.54) is 0 Å². The van der Waals surface area contributed by atoms with Crippen molar-refractivity contribution in [3.8, 4) is 5.75 Å². The van der Waals surface area contributed by atoms with E-state index in [1.807, 2.05) is 65.1 Å². The van der Waals surface area contributed by atoms with Crippen LogP contribution in [0, 0.1) is 0 Å². The van der Waals surface area contributed by atoms with Gasteiger partial charge < -0.3 is 19.2 Å². The van der Waals surface area contributed by atoms with Crippen LogP contribution in [0.5, 0.6) is 5.75 Å². The predicted octanol–water partition coefficient (Wildman–Crippen LogP) is 4.82. The van der Waals surface area contributed by atoms with E-state index in [0.29, 0.717) is 12.4 Å². The van der Waals surface area contributed by atoms with Gasteiger partial charge >= 0.3 is 5.97 Å². The van der Waals surface area contributed by atoms with Crippen LogP contribution in [0.3, 0.4) is 0 Å². The molecule has 3 heterocycles. The van der Waals surface area contributed by atoms with E-state index < -0.39 is 5.97 Å². The molecule has 4 rings (SSSR count). The number of carbonyl (C=O) groups is 1. The van der Waals surface area contributed by atoms with E-state index in [9.17, 15) is 9.90 Å². The maximum Gasteiger partial charge on any atom is 0.348 e. The Morgan fingerprint density at radius 3 is 2.83 bits per heavy atom. The van der Waals surface area contributed by atoms with Crippen molar-refractivity contribution in [2.24, 2.45) is 4.99 Å². The molecule has 0 spiro atoms. The summed E-state index contributed by atoms with van der Waals surface area (Å²) >= 11 is 1.93. The Hall–Kier alpha value is -3.14. The number of benzene rings is 1. The normalized spacial score (nSPS) is 13.5. The van der Waals surface area contributed by atoms with E-state index in [1.54, 1.807) is 30.4 Å². The molecule has 30 heavy (non-hydrogen) atoms. The number of pyridine rings is 1. The van der Waals surface area contributed by atoms with Gasteiger partial charge in [0.1, 0.15) is 4.61 Å². The Kier molecular flexibility index (Phi) is 5.84. The first-order valence-electron chi connectivity index (χ1n) is 9.13. The van der Waals surface area contributed by atoms with Crippen LogP contribution in [-0.2, 0) is 11.3 Å². The van der Waals surface area contributed by atoms with Crippen LogP contribution >= 0.6 is 22.6 Å². The minimum absolute atomic E-state index is 0.00158. The van der Waals surface area contributed by atoms with Crippen LogP contribution in [0.2, 0.25) is 0 Å². The molecule has 1 aromatic carbocycles. The standard InChI is InChI=1S/C22H18IN3O4/c1-26(12-14-6-3-2-4-7-14)21-18(22(28)29-13-23)19(27)17(30-21)10-15-11-25-20-16(15)8-5-9-24-20/h2-11,27H,12-13H2,1H3. The molecular weight excluding hydrogens is 497 g/mol. The predicted molar refractivity (Wildman–Crippen MR) is 123 cm³/mol. The largest absolute Gasteiger partial charge is 0.504 e.